The summed E-state index contributed by atoms with van der Waals surface area (Å²) in [7, 11) is 0. The van der Waals surface area contributed by atoms with Gasteiger partial charge < -0.3 is 9.80 Å². The van der Waals surface area contributed by atoms with Crippen LogP contribution in [0.4, 0.5) is 0 Å². The summed E-state index contributed by atoms with van der Waals surface area (Å²) < 4.78 is 1.38. The highest BCUT2D eigenvalue weighted by molar-refractivity contribution is 6.04. The highest BCUT2D eigenvalue weighted by Crippen LogP contribution is 2.27. The van der Waals surface area contributed by atoms with Gasteiger partial charge in [0.1, 0.15) is 0 Å². The molecule has 1 saturated carbocycles. The summed E-state index contributed by atoms with van der Waals surface area (Å²) in [6, 6.07) is 7.00. The first-order valence-electron chi connectivity index (χ1n) is 10.6. The van der Waals surface area contributed by atoms with Crippen molar-refractivity contribution in [3.63, 3.8) is 0 Å². The lowest BCUT2D eigenvalue weighted by atomic mass is 10.1. The molecule has 0 radical (unpaired) electrons. The molecule has 7 nitrogen and oxygen atoms in total. The quantitative estimate of drug-likeness (QED) is 0.799. The molecule has 154 valence electrons. The molecule has 1 aliphatic carbocycles. The number of amides is 2. The van der Waals surface area contributed by atoms with Gasteiger partial charge in [-0.2, -0.15) is 5.10 Å². The van der Waals surface area contributed by atoms with Crippen LogP contribution in [0.25, 0.3) is 10.8 Å². The average Bonchev–Trinajstić information content (AvgIpc) is 3.28. The highest BCUT2D eigenvalue weighted by atomic mass is 16.2. The van der Waals surface area contributed by atoms with E-state index in [4.69, 9.17) is 0 Å². The maximum Gasteiger partial charge on any atom is 0.275 e. The Morgan fingerprint density at radius 1 is 0.966 bits per heavy atom. The van der Waals surface area contributed by atoms with Gasteiger partial charge in [-0.15, -0.1) is 0 Å². The van der Waals surface area contributed by atoms with Gasteiger partial charge in [-0.05, 0) is 32.8 Å². The number of rotatable bonds is 3. The van der Waals surface area contributed by atoms with Crippen molar-refractivity contribution in [2.75, 3.05) is 26.2 Å². The van der Waals surface area contributed by atoms with E-state index < -0.39 is 0 Å². The number of aromatic nitrogens is 2. The molecule has 0 atom stereocenters. The van der Waals surface area contributed by atoms with Crippen LogP contribution in [0.2, 0.25) is 0 Å². The molecular formula is C22H28N4O3. The third kappa shape index (κ3) is 3.66. The number of fused-ring (bicyclic) bond motifs is 1. The van der Waals surface area contributed by atoms with Crippen molar-refractivity contribution in [2.45, 2.75) is 45.6 Å². The van der Waals surface area contributed by atoms with Gasteiger partial charge in [0.2, 0.25) is 5.91 Å². The lowest BCUT2D eigenvalue weighted by Crippen LogP contribution is -2.52. The first-order chi connectivity index (χ1) is 14.0. The second-order valence-electron chi connectivity index (χ2n) is 8.34. The minimum Gasteiger partial charge on any atom is -0.339 e. The molecule has 1 aromatic heterocycles. The number of hydrogen-bond donors (Lipinski definition) is 0. The fourth-order valence-electron chi connectivity index (χ4n) is 4.43. The largest absolute Gasteiger partial charge is 0.339 e. The summed E-state index contributed by atoms with van der Waals surface area (Å²) in [6.45, 7) is 5.86. The molecular weight excluding hydrogens is 368 g/mol. The molecule has 29 heavy (non-hydrogen) atoms. The number of benzene rings is 1. The van der Waals surface area contributed by atoms with Gasteiger partial charge in [0, 0.05) is 37.5 Å². The normalized spacial score (nSPS) is 18.0. The maximum atomic E-state index is 13.3. The lowest BCUT2D eigenvalue weighted by Gasteiger charge is -2.36. The van der Waals surface area contributed by atoms with Crippen LogP contribution in [0.5, 0.6) is 0 Å². The average molecular weight is 396 g/mol. The minimum absolute atomic E-state index is 0.139. The molecule has 1 aromatic carbocycles. The van der Waals surface area contributed by atoms with Gasteiger partial charge >= 0.3 is 0 Å². The molecule has 2 heterocycles. The second-order valence-corrected chi connectivity index (χ2v) is 8.34. The van der Waals surface area contributed by atoms with Crippen LogP contribution >= 0.6 is 0 Å². The van der Waals surface area contributed by atoms with E-state index in [1.165, 1.54) is 4.68 Å². The van der Waals surface area contributed by atoms with Gasteiger partial charge in [-0.1, -0.05) is 31.0 Å². The first kappa shape index (κ1) is 19.6. The summed E-state index contributed by atoms with van der Waals surface area (Å²) in [5.74, 6) is 0.229. The maximum absolute atomic E-state index is 13.3. The lowest BCUT2D eigenvalue weighted by molar-refractivity contribution is -0.136. The Kier molecular flexibility index (Phi) is 5.39. The van der Waals surface area contributed by atoms with Crippen molar-refractivity contribution in [1.29, 1.82) is 0 Å². The van der Waals surface area contributed by atoms with Crippen LogP contribution in [0.15, 0.2) is 29.1 Å². The number of nitrogens with zero attached hydrogens (tertiary/aromatic N) is 4. The third-order valence-electron chi connectivity index (χ3n) is 6.10. The smallest absolute Gasteiger partial charge is 0.275 e. The fraction of sp³-hybridized carbons (Fsp3) is 0.545. The van der Waals surface area contributed by atoms with Gasteiger partial charge in [0.25, 0.3) is 11.5 Å². The Labute approximate surface area is 170 Å². The summed E-state index contributed by atoms with van der Waals surface area (Å²) in [4.78, 5) is 42.3. The third-order valence-corrected chi connectivity index (χ3v) is 6.10. The van der Waals surface area contributed by atoms with E-state index in [1.807, 2.05) is 24.8 Å². The number of carbonyl (C=O) groups excluding carboxylic acids is 2. The Morgan fingerprint density at radius 3 is 2.17 bits per heavy atom. The van der Waals surface area contributed by atoms with Crippen molar-refractivity contribution >= 4 is 22.6 Å². The van der Waals surface area contributed by atoms with E-state index in [-0.39, 0.29) is 29.3 Å². The SMILES string of the molecule is CC(C)n1nc(C(=O)N2CCN(C(=O)C3CCCC3)CC2)c2ccccc2c1=O. The van der Waals surface area contributed by atoms with E-state index in [1.54, 1.807) is 23.1 Å². The van der Waals surface area contributed by atoms with Gasteiger partial charge in [0.15, 0.2) is 5.69 Å². The molecule has 2 fully saturated rings. The van der Waals surface area contributed by atoms with Crippen molar-refractivity contribution in [3.05, 3.63) is 40.3 Å². The topological polar surface area (TPSA) is 75.5 Å². The molecule has 2 aromatic rings. The summed E-state index contributed by atoms with van der Waals surface area (Å²) >= 11 is 0. The van der Waals surface area contributed by atoms with E-state index in [0.29, 0.717) is 42.6 Å². The van der Waals surface area contributed by atoms with E-state index in [2.05, 4.69) is 5.10 Å². The van der Waals surface area contributed by atoms with Crippen LogP contribution in [0, 0.1) is 5.92 Å². The summed E-state index contributed by atoms with van der Waals surface area (Å²) in [6.07, 6.45) is 4.26. The molecule has 1 aliphatic heterocycles. The first-order valence-corrected chi connectivity index (χ1v) is 10.6. The molecule has 7 heteroatoms. The van der Waals surface area contributed by atoms with Gasteiger partial charge in [0.05, 0.1) is 11.4 Å². The monoisotopic (exact) mass is 396 g/mol. The standard InChI is InChI=1S/C22H28N4O3/c1-15(2)26-21(28)18-10-6-5-9-17(18)19(23-26)22(29)25-13-11-24(12-14-25)20(27)16-7-3-4-8-16/h5-6,9-10,15-16H,3-4,7-8,11-14H2,1-2H3. The van der Waals surface area contributed by atoms with E-state index in [0.717, 1.165) is 25.7 Å². The summed E-state index contributed by atoms with van der Waals surface area (Å²) in [5.41, 5.74) is 0.128. The fourth-order valence-corrected chi connectivity index (χ4v) is 4.43. The molecule has 0 N–H and O–H groups in total. The Morgan fingerprint density at radius 2 is 1.55 bits per heavy atom. The zero-order chi connectivity index (χ0) is 20.5. The van der Waals surface area contributed by atoms with Crippen LogP contribution in [0.3, 0.4) is 0 Å². The van der Waals surface area contributed by atoms with Crippen LogP contribution < -0.4 is 5.56 Å². The van der Waals surface area contributed by atoms with Gasteiger partial charge in [-0.3, -0.25) is 14.4 Å². The van der Waals surface area contributed by atoms with Crippen molar-refractivity contribution < 1.29 is 9.59 Å². The Bertz CT molecular complexity index is 983. The molecule has 0 unspecified atom stereocenters. The molecule has 2 aliphatic rings. The Hall–Kier alpha value is -2.70. The molecule has 0 bridgehead atoms. The zero-order valence-corrected chi connectivity index (χ0v) is 17.1. The zero-order valence-electron chi connectivity index (χ0n) is 17.1. The van der Waals surface area contributed by atoms with Crippen LogP contribution in [0.1, 0.15) is 56.1 Å². The van der Waals surface area contributed by atoms with Crippen molar-refractivity contribution in [1.82, 2.24) is 19.6 Å². The Balaban J connectivity index is 1.56. The molecule has 1 saturated heterocycles. The number of piperazine rings is 1. The van der Waals surface area contributed by atoms with E-state index >= 15 is 0 Å². The van der Waals surface area contributed by atoms with E-state index in [9.17, 15) is 14.4 Å². The van der Waals surface area contributed by atoms with Crippen molar-refractivity contribution in [2.24, 2.45) is 5.92 Å². The predicted octanol–water partition coefficient (Wildman–Crippen LogP) is 2.45. The highest BCUT2D eigenvalue weighted by Gasteiger charge is 2.31. The molecule has 2 amide bonds. The predicted molar refractivity (Wildman–Crippen MR) is 111 cm³/mol. The van der Waals surface area contributed by atoms with Gasteiger partial charge in [-0.25, -0.2) is 4.68 Å². The number of carbonyl (C=O) groups is 2. The van der Waals surface area contributed by atoms with Crippen molar-refractivity contribution in [3.8, 4) is 0 Å². The molecule has 0 spiro atoms. The van der Waals surface area contributed by atoms with Crippen LogP contribution in [-0.4, -0.2) is 57.6 Å². The second kappa shape index (κ2) is 7.97. The minimum atomic E-state index is -0.181. The number of hydrogen-bond acceptors (Lipinski definition) is 4. The summed E-state index contributed by atoms with van der Waals surface area (Å²) in [5, 5.41) is 5.52. The van der Waals surface area contributed by atoms with Crippen LogP contribution in [-0.2, 0) is 4.79 Å². The molecule has 4 rings (SSSR count).